The minimum atomic E-state index is -3.08. The summed E-state index contributed by atoms with van der Waals surface area (Å²) in [6.45, 7) is 4.75. The summed E-state index contributed by atoms with van der Waals surface area (Å²) in [6, 6.07) is -0.252. The maximum atomic E-state index is 12.2. The zero-order chi connectivity index (χ0) is 11.5. The maximum absolute atomic E-state index is 12.2. The van der Waals surface area contributed by atoms with Crippen LogP contribution in [-0.4, -0.2) is 38.2 Å². The van der Waals surface area contributed by atoms with Gasteiger partial charge in [0.1, 0.15) is 0 Å². The molecule has 2 unspecified atom stereocenters. The average Bonchev–Trinajstić information content (AvgIpc) is 2.28. The van der Waals surface area contributed by atoms with E-state index in [4.69, 9.17) is 10.5 Å². The van der Waals surface area contributed by atoms with Crippen LogP contribution in [0.2, 0.25) is 0 Å². The fourth-order valence-corrected chi connectivity index (χ4v) is 4.02. The van der Waals surface area contributed by atoms with Crippen molar-refractivity contribution in [2.75, 3.05) is 13.2 Å². The summed E-state index contributed by atoms with van der Waals surface area (Å²) in [6.07, 6.45) is 1.93. The minimum Gasteiger partial charge on any atom is -0.381 e. The Labute approximate surface area is 92.1 Å². The summed E-state index contributed by atoms with van der Waals surface area (Å²) in [4.78, 5) is 0. The molecule has 2 atom stereocenters. The predicted molar refractivity (Wildman–Crippen MR) is 60.5 cm³/mol. The van der Waals surface area contributed by atoms with Gasteiger partial charge in [-0.3, -0.25) is 0 Å². The molecule has 0 spiro atoms. The van der Waals surface area contributed by atoms with Gasteiger partial charge in [0.25, 0.3) is 0 Å². The highest BCUT2D eigenvalue weighted by Crippen LogP contribution is 2.21. The normalized spacial score (nSPS) is 23.7. The van der Waals surface area contributed by atoms with Crippen LogP contribution in [0, 0.1) is 0 Å². The van der Waals surface area contributed by atoms with Crippen LogP contribution >= 0.6 is 0 Å². The van der Waals surface area contributed by atoms with Crippen LogP contribution in [0.4, 0.5) is 0 Å². The molecule has 0 aromatic heterocycles. The second-order valence-corrected chi connectivity index (χ2v) is 6.77. The lowest BCUT2D eigenvalue weighted by atomic mass is 10.2. The monoisotopic (exact) mass is 235 g/mol. The molecule has 0 aliphatic carbocycles. The van der Waals surface area contributed by atoms with E-state index in [1.165, 1.54) is 0 Å². The molecule has 5 heteroatoms. The number of ether oxygens (including phenoxy) is 1. The van der Waals surface area contributed by atoms with Crippen LogP contribution < -0.4 is 5.73 Å². The van der Waals surface area contributed by atoms with Crippen molar-refractivity contribution in [3.63, 3.8) is 0 Å². The van der Waals surface area contributed by atoms with Gasteiger partial charge in [-0.1, -0.05) is 6.92 Å². The summed E-state index contributed by atoms with van der Waals surface area (Å²) < 4.78 is 29.5. The molecule has 0 radical (unpaired) electrons. The number of hydrogen-bond acceptors (Lipinski definition) is 4. The Morgan fingerprint density at radius 1 is 1.40 bits per heavy atom. The van der Waals surface area contributed by atoms with E-state index in [9.17, 15) is 8.42 Å². The first-order valence-electron chi connectivity index (χ1n) is 5.56. The Hall–Kier alpha value is -0.130. The molecule has 0 aromatic carbocycles. The Bertz CT molecular complexity index is 275. The molecule has 1 fully saturated rings. The molecule has 2 N–H and O–H groups in total. The topological polar surface area (TPSA) is 69.4 Å². The van der Waals surface area contributed by atoms with Crippen molar-refractivity contribution in [1.82, 2.24) is 0 Å². The van der Waals surface area contributed by atoms with E-state index in [1.807, 2.05) is 6.92 Å². The van der Waals surface area contributed by atoms with Crippen molar-refractivity contribution >= 4 is 9.84 Å². The van der Waals surface area contributed by atoms with Gasteiger partial charge in [-0.05, 0) is 26.2 Å². The highest BCUT2D eigenvalue weighted by Gasteiger charge is 2.34. The highest BCUT2D eigenvalue weighted by atomic mass is 32.2. The second-order valence-electron chi connectivity index (χ2n) is 4.18. The molecule has 1 rings (SSSR count). The third-order valence-corrected chi connectivity index (χ3v) is 6.01. The standard InChI is InChI=1S/C10H21NO3S/c1-3-10(11)8(2)15(12,13)9-4-6-14-7-5-9/h8-10H,3-7,11H2,1-2H3. The molecule has 1 aliphatic heterocycles. The highest BCUT2D eigenvalue weighted by molar-refractivity contribution is 7.92. The van der Waals surface area contributed by atoms with Crippen molar-refractivity contribution in [2.24, 2.45) is 5.73 Å². The first kappa shape index (κ1) is 12.9. The number of nitrogens with two attached hydrogens (primary N) is 1. The molecule has 1 aliphatic rings. The van der Waals surface area contributed by atoms with Crippen molar-refractivity contribution in [3.8, 4) is 0 Å². The number of rotatable bonds is 4. The molecular weight excluding hydrogens is 214 g/mol. The lowest BCUT2D eigenvalue weighted by Gasteiger charge is -2.27. The molecule has 1 heterocycles. The van der Waals surface area contributed by atoms with Gasteiger partial charge in [0, 0.05) is 19.3 Å². The van der Waals surface area contributed by atoms with Crippen LogP contribution in [0.25, 0.3) is 0 Å². The van der Waals surface area contributed by atoms with E-state index in [0.29, 0.717) is 32.5 Å². The van der Waals surface area contributed by atoms with Crippen molar-refractivity contribution in [1.29, 1.82) is 0 Å². The van der Waals surface area contributed by atoms with Gasteiger partial charge in [-0.2, -0.15) is 0 Å². The van der Waals surface area contributed by atoms with Crippen molar-refractivity contribution < 1.29 is 13.2 Å². The summed E-state index contributed by atoms with van der Waals surface area (Å²) >= 11 is 0. The van der Waals surface area contributed by atoms with Gasteiger partial charge in [0.05, 0.1) is 10.5 Å². The molecular formula is C10H21NO3S. The van der Waals surface area contributed by atoms with E-state index >= 15 is 0 Å². The summed E-state index contributed by atoms with van der Waals surface area (Å²) in [5, 5.41) is -0.690. The number of hydrogen-bond donors (Lipinski definition) is 1. The summed E-state index contributed by atoms with van der Waals surface area (Å²) in [5.41, 5.74) is 5.80. The Balaban J connectivity index is 2.72. The van der Waals surface area contributed by atoms with E-state index in [0.717, 1.165) is 0 Å². The fourth-order valence-electron chi connectivity index (χ4n) is 1.88. The van der Waals surface area contributed by atoms with Gasteiger partial charge in [0.15, 0.2) is 9.84 Å². The third kappa shape index (κ3) is 2.92. The Morgan fingerprint density at radius 2 is 1.93 bits per heavy atom. The summed E-state index contributed by atoms with van der Waals surface area (Å²) in [5.74, 6) is 0. The predicted octanol–water partition coefficient (Wildman–Crippen LogP) is 0.706. The maximum Gasteiger partial charge on any atom is 0.157 e. The average molecular weight is 235 g/mol. The van der Waals surface area contributed by atoms with E-state index in [-0.39, 0.29) is 11.3 Å². The molecule has 4 nitrogen and oxygen atoms in total. The van der Waals surface area contributed by atoms with E-state index < -0.39 is 15.1 Å². The van der Waals surface area contributed by atoms with Gasteiger partial charge < -0.3 is 10.5 Å². The van der Waals surface area contributed by atoms with Gasteiger partial charge in [-0.25, -0.2) is 8.42 Å². The molecule has 0 aromatic rings. The molecule has 15 heavy (non-hydrogen) atoms. The van der Waals surface area contributed by atoms with Crippen molar-refractivity contribution in [2.45, 2.75) is 49.7 Å². The smallest absolute Gasteiger partial charge is 0.157 e. The number of sulfone groups is 1. The zero-order valence-electron chi connectivity index (χ0n) is 9.48. The van der Waals surface area contributed by atoms with Crippen LogP contribution in [-0.2, 0) is 14.6 Å². The minimum absolute atomic E-state index is 0.251. The van der Waals surface area contributed by atoms with Gasteiger partial charge >= 0.3 is 0 Å². The Morgan fingerprint density at radius 3 is 2.40 bits per heavy atom. The second kappa shape index (κ2) is 5.27. The molecule has 0 saturated carbocycles. The van der Waals surface area contributed by atoms with Gasteiger partial charge in [-0.15, -0.1) is 0 Å². The van der Waals surface area contributed by atoms with Gasteiger partial charge in [0.2, 0.25) is 0 Å². The van der Waals surface area contributed by atoms with E-state index in [1.54, 1.807) is 6.92 Å². The lowest BCUT2D eigenvalue weighted by Crippen LogP contribution is -2.44. The molecule has 0 amide bonds. The van der Waals surface area contributed by atoms with Crippen LogP contribution in [0.3, 0.4) is 0 Å². The van der Waals surface area contributed by atoms with Crippen LogP contribution in [0.15, 0.2) is 0 Å². The third-order valence-electron chi connectivity index (χ3n) is 3.23. The summed E-state index contributed by atoms with van der Waals surface area (Å²) in [7, 11) is -3.08. The first-order chi connectivity index (χ1) is 7.00. The van der Waals surface area contributed by atoms with Crippen LogP contribution in [0.1, 0.15) is 33.1 Å². The first-order valence-corrected chi connectivity index (χ1v) is 7.17. The quantitative estimate of drug-likeness (QED) is 0.779. The molecule has 0 bridgehead atoms. The molecule has 90 valence electrons. The SMILES string of the molecule is CCC(N)C(C)S(=O)(=O)C1CCOCC1. The zero-order valence-corrected chi connectivity index (χ0v) is 10.3. The lowest BCUT2D eigenvalue weighted by molar-refractivity contribution is 0.0981. The Kier molecular flexibility index (Phi) is 4.55. The largest absolute Gasteiger partial charge is 0.381 e. The fraction of sp³-hybridized carbons (Fsp3) is 1.00. The molecule has 1 saturated heterocycles. The van der Waals surface area contributed by atoms with Crippen molar-refractivity contribution in [3.05, 3.63) is 0 Å². The van der Waals surface area contributed by atoms with Crippen LogP contribution in [0.5, 0.6) is 0 Å². The van der Waals surface area contributed by atoms with E-state index in [2.05, 4.69) is 0 Å².